The van der Waals surface area contributed by atoms with Crippen LogP contribution in [-0.4, -0.2) is 42.9 Å². The van der Waals surface area contributed by atoms with Gasteiger partial charge in [0.15, 0.2) is 0 Å². The molecule has 0 radical (unpaired) electrons. The second-order valence-electron chi connectivity index (χ2n) is 6.45. The highest BCUT2D eigenvalue weighted by molar-refractivity contribution is 5.78. The van der Waals surface area contributed by atoms with E-state index in [1.165, 1.54) is 0 Å². The molecule has 21 heavy (non-hydrogen) atoms. The third-order valence-corrected chi connectivity index (χ3v) is 5.16. The molecule has 0 aromatic carbocycles. The van der Waals surface area contributed by atoms with Crippen LogP contribution >= 0.6 is 0 Å². The van der Waals surface area contributed by atoms with Gasteiger partial charge in [0.25, 0.3) is 0 Å². The number of ether oxygens (including phenoxy) is 1. The summed E-state index contributed by atoms with van der Waals surface area (Å²) >= 11 is 0. The van der Waals surface area contributed by atoms with E-state index >= 15 is 0 Å². The number of carbonyl (C=O) groups is 2. The molecular weight excluding hydrogens is 272 g/mol. The van der Waals surface area contributed by atoms with E-state index in [9.17, 15) is 14.7 Å². The van der Waals surface area contributed by atoms with Crippen molar-refractivity contribution in [3.8, 4) is 0 Å². The van der Waals surface area contributed by atoms with Crippen molar-refractivity contribution in [1.82, 2.24) is 10.6 Å². The molecule has 0 bridgehead atoms. The van der Waals surface area contributed by atoms with Gasteiger partial charge in [0, 0.05) is 25.1 Å². The van der Waals surface area contributed by atoms with E-state index in [-0.39, 0.29) is 30.1 Å². The second-order valence-corrected chi connectivity index (χ2v) is 6.45. The minimum atomic E-state index is -0.887. The van der Waals surface area contributed by atoms with Crippen molar-refractivity contribution >= 4 is 12.0 Å². The van der Waals surface area contributed by atoms with Crippen molar-refractivity contribution in [2.45, 2.75) is 59.1 Å². The van der Waals surface area contributed by atoms with Gasteiger partial charge in [0.05, 0.1) is 11.5 Å². The number of nitrogens with one attached hydrogen (secondary N) is 2. The average molecular weight is 300 g/mol. The lowest BCUT2D eigenvalue weighted by molar-refractivity contribution is -0.149. The summed E-state index contributed by atoms with van der Waals surface area (Å²) in [7, 11) is 1.67. The molecule has 0 spiro atoms. The number of carbonyl (C=O) groups excluding carboxylic acids is 1. The molecule has 0 saturated heterocycles. The van der Waals surface area contributed by atoms with Crippen molar-refractivity contribution in [2.24, 2.45) is 10.8 Å². The van der Waals surface area contributed by atoms with Gasteiger partial charge >= 0.3 is 12.0 Å². The Morgan fingerprint density at radius 2 is 1.90 bits per heavy atom. The Balaban J connectivity index is 2.50. The summed E-state index contributed by atoms with van der Waals surface area (Å²) in [6.45, 7) is 7.90. The maximum absolute atomic E-state index is 12.0. The van der Waals surface area contributed by atoms with E-state index in [4.69, 9.17) is 4.74 Å². The van der Waals surface area contributed by atoms with Gasteiger partial charge < -0.3 is 20.5 Å². The number of carboxylic acid groups (broad SMARTS) is 1. The molecule has 1 rings (SSSR count). The molecule has 2 unspecified atom stereocenters. The molecule has 1 saturated carbocycles. The van der Waals surface area contributed by atoms with Gasteiger partial charge in [-0.2, -0.15) is 0 Å². The monoisotopic (exact) mass is 300 g/mol. The first-order valence-corrected chi connectivity index (χ1v) is 7.54. The van der Waals surface area contributed by atoms with E-state index in [0.29, 0.717) is 12.8 Å². The quantitative estimate of drug-likeness (QED) is 0.671. The molecule has 3 N–H and O–H groups in total. The van der Waals surface area contributed by atoms with Crippen LogP contribution in [0.1, 0.15) is 47.0 Å². The average Bonchev–Trinajstić information content (AvgIpc) is 2.44. The van der Waals surface area contributed by atoms with Gasteiger partial charge in [-0.3, -0.25) is 4.79 Å². The molecule has 6 nitrogen and oxygen atoms in total. The van der Waals surface area contributed by atoms with Crippen LogP contribution in [0.25, 0.3) is 0 Å². The first-order valence-electron chi connectivity index (χ1n) is 7.54. The Kier molecular flexibility index (Phi) is 5.61. The molecule has 0 aromatic rings. The first kappa shape index (κ1) is 17.8. The molecule has 1 fully saturated rings. The summed E-state index contributed by atoms with van der Waals surface area (Å²) in [5, 5.41) is 14.9. The minimum Gasteiger partial charge on any atom is -0.481 e. The third kappa shape index (κ3) is 3.48. The zero-order valence-corrected chi connectivity index (χ0v) is 13.7. The fourth-order valence-electron chi connectivity index (χ4n) is 2.87. The van der Waals surface area contributed by atoms with E-state index in [1.807, 2.05) is 13.8 Å². The van der Waals surface area contributed by atoms with Crippen LogP contribution in [0.2, 0.25) is 0 Å². The maximum Gasteiger partial charge on any atom is 0.315 e. The molecule has 1 aliphatic rings. The number of urea groups is 1. The topological polar surface area (TPSA) is 87.7 Å². The summed E-state index contributed by atoms with van der Waals surface area (Å²) < 4.78 is 5.34. The summed E-state index contributed by atoms with van der Waals surface area (Å²) in [4.78, 5) is 23.4. The van der Waals surface area contributed by atoms with Crippen molar-refractivity contribution in [3.05, 3.63) is 0 Å². The van der Waals surface area contributed by atoms with Gasteiger partial charge in [-0.15, -0.1) is 0 Å². The van der Waals surface area contributed by atoms with Crippen LogP contribution in [0.15, 0.2) is 0 Å². The molecule has 2 amide bonds. The molecule has 0 aliphatic heterocycles. The van der Waals surface area contributed by atoms with E-state index in [2.05, 4.69) is 24.5 Å². The standard InChI is InChI=1S/C15H28N2O4/c1-6-15(7-2,12(18)19)9-16-13(20)17-10-8-11(21-5)14(10,3)4/h10-11H,6-9H2,1-5H3,(H,18,19)(H2,16,17,20). The van der Waals surface area contributed by atoms with Crippen molar-refractivity contribution in [1.29, 1.82) is 0 Å². The smallest absolute Gasteiger partial charge is 0.315 e. The Morgan fingerprint density at radius 3 is 2.29 bits per heavy atom. The largest absolute Gasteiger partial charge is 0.481 e. The number of amides is 2. The molecule has 2 atom stereocenters. The number of carboxylic acids is 1. The molecule has 0 aromatic heterocycles. The van der Waals surface area contributed by atoms with Crippen LogP contribution in [0.4, 0.5) is 4.79 Å². The molecular formula is C15H28N2O4. The zero-order chi connectivity index (χ0) is 16.3. The lowest BCUT2D eigenvalue weighted by Crippen LogP contribution is -2.63. The van der Waals surface area contributed by atoms with Crippen molar-refractivity contribution < 1.29 is 19.4 Å². The van der Waals surface area contributed by atoms with Crippen LogP contribution in [0.5, 0.6) is 0 Å². The van der Waals surface area contributed by atoms with Gasteiger partial charge in [-0.1, -0.05) is 27.7 Å². The fourth-order valence-corrected chi connectivity index (χ4v) is 2.87. The predicted octanol–water partition coefficient (Wildman–Crippen LogP) is 1.99. The third-order valence-electron chi connectivity index (χ3n) is 5.16. The number of rotatable bonds is 7. The number of aliphatic carboxylic acids is 1. The lowest BCUT2D eigenvalue weighted by atomic mass is 9.64. The van der Waals surface area contributed by atoms with Crippen LogP contribution in [0.3, 0.4) is 0 Å². The zero-order valence-electron chi connectivity index (χ0n) is 13.7. The van der Waals surface area contributed by atoms with E-state index in [1.54, 1.807) is 7.11 Å². The summed E-state index contributed by atoms with van der Waals surface area (Å²) in [5.41, 5.74) is -0.993. The summed E-state index contributed by atoms with van der Waals surface area (Å²) in [5.74, 6) is -0.865. The second kappa shape index (κ2) is 6.64. The Labute approximate surface area is 126 Å². The molecule has 122 valence electrons. The molecule has 1 aliphatic carbocycles. The minimum absolute atomic E-state index is 0.0462. The normalized spacial score (nSPS) is 24.0. The van der Waals surface area contributed by atoms with E-state index < -0.39 is 11.4 Å². The van der Waals surface area contributed by atoms with Gasteiger partial charge in [0.1, 0.15) is 0 Å². The van der Waals surface area contributed by atoms with Gasteiger partial charge in [-0.25, -0.2) is 4.79 Å². The van der Waals surface area contributed by atoms with Gasteiger partial charge in [-0.05, 0) is 19.3 Å². The fraction of sp³-hybridized carbons (Fsp3) is 0.867. The maximum atomic E-state index is 12.0. The summed E-state index contributed by atoms with van der Waals surface area (Å²) in [6, 6.07) is -0.264. The molecule has 0 heterocycles. The Bertz CT molecular complexity index is 391. The van der Waals surface area contributed by atoms with Crippen LogP contribution in [0, 0.1) is 10.8 Å². The highest BCUT2D eigenvalue weighted by Crippen LogP contribution is 2.42. The van der Waals surface area contributed by atoms with Crippen LogP contribution < -0.4 is 10.6 Å². The Morgan fingerprint density at radius 1 is 1.33 bits per heavy atom. The lowest BCUT2D eigenvalue weighted by Gasteiger charge is -2.51. The van der Waals surface area contributed by atoms with Crippen LogP contribution in [-0.2, 0) is 9.53 Å². The highest BCUT2D eigenvalue weighted by Gasteiger charge is 2.49. The summed E-state index contributed by atoms with van der Waals surface area (Å²) in [6.07, 6.45) is 1.90. The SMILES string of the molecule is CCC(CC)(CNC(=O)NC1CC(OC)C1(C)C)C(=O)O. The van der Waals surface area contributed by atoms with Crippen molar-refractivity contribution in [3.63, 3.8) is 0 Å². The number of hydrogen-bond acceptors (Lipinski definition) is 3. The highest BCUT2D eigenvalue weighted by atomic mass is 16.5. The first-order chi connectivity index (χ1) is 9.73. The van der Waals surface area contributed by atoms with Crippen molar-refractivity contribution in [2.75, 3.05) is 13.7 Å². The number of hydrogen-bond donors (Lipinski definition) is 3. The van der Waals surface area contributed by atoms with Gasteiger partial charge in [0.2, 0.25) is 0 Å². The van der Waals surface area contributed by atoms with E-state index in [0.717, 1.165) is 6.42 Å². The molecule has 6 heteroatoms. The predicted molar refractivity (Wildman–Crippen MR) is 80.2 cm³/mol. The number of methoxy groups -OCH3 is 1. The Hall–Kier alpha value is -1.30.